The Morgan fingerprint density at radius 2 is 2.36 bits per heavy atom. The van der Waals surface area contributed by atoms with Gasteiger partial charge < -0.3 is 9.55 Å². The summed E-state index contributed by atoms with van der Waals surface area (Å²) in [5, 5.41) is 0. The Hall–Kier alpha value is -1.58. The molecule has 2 aromatic heterocycles. The van der Waals surface area contributed by atoms with E-state index in [1.165, 1.54) is 12.8 Å². The minimum atomic E-state index is -0.0926. The van der Waals surface area contributed by atoms with Gasteiger partial charge in [-0.25, -0.2) is 4.98 Å². The zero-order chi connectivity index (χ0) is 9.71. The first kappa shape index (κ1) is 7.79. The molecular weight excluding hydrogens is 178 g/mol. The minimum absolute atomic E-state index is 0.0926. The van der Waals surface area contributed by atoms with E-state index >= 15 is 0 Å². The van der Waals surface area contributed by atoms with Crippen molar-refractivity contribution in [1.82, 2.24) is 14.5 Å². The summed E-state index contributed by atoms with van der Waals surface area (Å²) in [6, 6.07) is 2.50. The van der Waals surface area contributed by atoms with Crippen molar-refractivity contribution in [3.8, 4) is 0 Å². The van der Waals surface area contributed by atoms with E-state index < -0.39 is 0 Å². The number of hydrogen-bond acceptors (Lipinski definition) is 2. The normalized spacial score (nSPS) is 16.4. The van der Waals surface area contributed by atoms with Gasteiger partial charge in [0.1, 0.15) is 5.82 Å². The fourth-order valence-corrected chi connectivity index (χ4v) is 1.95. The Balaban J connectivity index is 2.43. The molecule has 0 amide bonds. The highest BCUT2D eigenvalue weighted by Gasteiger charge is 2.27. The van der Waals surface area contributed by atoms with Gasteiger partial charge in [-0.3, -0.25) is 4.79 Å². The van der Waals surface area contributed by atoms with Crippen LogP contribution in [-0.4, -0.2) is 14.5 Å². The van der Waals surface area contributed by atoms with Gasteiger partial charge in [0.25, 0.3) is 5.56 Å². The first-order chi connectivity index (χ1) is 6.77. The highest BCUT2D eigenvalue weighted by molar-refractivity contribution is 5.74. The first-order valence-corrected chi connectivity index (χ1v) is 4.83. The molecule has 1 aliphatic rings. The molecule has 0 bridgehead atoms. The van der Waals surface area contributed by atoms with E-state index in [9.17, 15) is 4.79 Å². The molecule has 0 atom stereocenters. The van der Waals surface area contributed by atoms with Crippen LogP contribution in [0.25, 0.3) is 11.0 Å². The SMILES string of the molecule is Cc1nc2c(=O)[nH]ccc2n1C1CC1. The number of aromatic nitrogens is 3. The zero-order valence-electron chi connectivity index (χ0n) is 7.95. The van der Waals surface area contributed by atoms with Crippen molar-refractivity contribution >= 4 is 11.0 Å². The van der Waals surface area contributed by atoms with Crippen LogP contribution in [-0.2, 0) is 0 Å². The summed E-state index contributed by atoms with van der Waals surface area (Å²) in [4.78, 5) is 18.4. The standard InChI is InChI=1S/C10H11N3O/c1-6-12-9-8(4-5-11-10(9)14)13(6)7-2-3-7/h4-5,7H,2-3H2,1H3,(H,11,14). The van der Waals surface area contributed by atoms with Crippen molar-refractivity contribution in [1.29, 1.82) is 0 Å². The summed E-state index contributed by atoms with van der Waals surface area (Å²) >= 11 is 0. The number of pyridine rings is 1. The second kappa shape index (κ2) is 2.47. The number of aryl methyl sites for hydroxylation is 1. The van der Waals surface area contributed by atoms with Crippen LogP contribution >= 0.6 is 0 Å². The number of nitrogens with zero attached hydrogens (tertiary/aromatic N) is 2. The maximum absolute atomic E-state index is 11.5. The average Bonchev–Trinajstić information content (AvgIpc) is 2.91. The second-order valence-corrected chi connectivity index (χ2v) is 3.80. The number of rotatable bonds is 1. The fourth-order valence-electron chi connectivity index (χ4n) is 1.95. The largest absolute Gasteiger partial charge is 0.327 e. The van der Waals surface area contributed by atoms with Gasteiger partial charge in [0.05, 0.1) is 5.52 Å². The molecule has 3 rings (SSSR count). The molecule has 4 nitrogen and oxygen atoms in total. The molecule has 1 fully saturated rings. The molecule has 0 saturated heterocycles. The minimum Gasteiger partial charge on any atom is -0.327 e. The van der Waals surface area contributed by atoms with Crippen molar-refractivity contribution in [2.24, 2.45) is 0 Å². The van der Waals surface area contributed by atoms with E-state index in [1.54, 1.807) is 6.20 Å². The molecular formula is C10H11N3O. The van der Waals surface area contributed by atoms with E-state index in [4.69, 9.17) is 0 Å². The molecule has 0 radical (unpaired) electrons. The van der Waals surface area contributed by atoms with E-state index in [0.29, 0.717) is 11.6 Å². The molecule has 0 aromatic carbocycles. The number of fused-ring (bicyclic) bond motifs is 1. The van der Waals surface area contributed by atoms with Gasteiger partial charge in [0.15, 0.2) is 5.52 Å². The van der Waals surface area contributed by atoms with E-state index in [2.05, 4.69) is 14.5 Å². The molecule has 0 unspecified atom stereocenters. The van der Waals surface area contributed by atoms with Gasteiger partial charge in [0, 0.05) is 12.2 Å². The highest BCUT2D eigenvalue weighted by atomic mass is 16.1. The van der Waals surface area contributed by atoms with Gasteiger partial charge in [0.2, 0.25) is 0 Å². The van der Waals surface area contributed by atoms with Gasteiger partial charge in [-0.2, -0.15) is 0 Å². The van der Waals surface area contributed by atoms with Crippen molar-refractivity contribution in [3.05, 3.63) is 28.4 Å². The van der Waals surface area contributed by atoms with Gasteiger partial charge in [-0.05, 0) is 25.8 Å². The monoisotopic (exact) mass is 189 g/mol. The maximum atomic E-state index is 11.5. The quantitative estimate of drug-likeness (QED) is 0.736. The number of nitrogens with one attached hydrogen (secondary N) is 1. The molecule has 1 aliphatic carbocycles. The van der Waals surface area contributed by atoms with Crippen LogP contribution in [0.3, 0.4) is 0 Å². The zero-order valence-corrected chi connectivity index (χ0v) is 7.95. The topological polar surface area (TPSA) is 50.7 Å². The van der Waals surface area contributed by atoms with Crippen molar-refractivity contribution < 1.29 is 0 Å². The van der Waals surface area contributed by atoms with Crippen LogP contribution in [0.2, 0.25) is 0 Å². The third-order valence-electron chi connectivity index (χ3n) is 2.71. The predicted octanol–water partition coefficient (Wildman–Crippen LogP) is 1.37. The van der Waals surface area contributed by atoms with Crippen molar-refractivity contribution in [2.45, 2.75) is 25.8 Å². The summed E-state index contributed by atoms with van der Waals surface area (Å²) in [5.41, 5.74) is 1.44. The smallest absolute Gasteiger partial charge is 0.276 e. The lowest BCUT2D eigenvalue weighted by Gasteiger charge is -2.02. The summed E-state index contributed by atoms with van der Waals surface area (Å²) in [7, 11) is 0. The van der Waals surface area contributed by atoms with E-state index in [1.807, 2.05) is 13.0 Å². The lowest BCUT2D eigenvalue weighted by Crippen LogP contribution is -2.04. The number of imidazole rings is 1. The molecule has 1 N–H and O–H groups in total. The van der Waals surface area contributed by atoms with Gasteiger partial charge in [-0.1, -0.05) is 0 Å². The second-order valence-electron chi connectivity index (χ2n) is 3.80. The molecule has 2 aromatic rings. The Bertz CT molecular complexity index is 548. The molecule has 4 heteroatoms. The Kier molecular flexibility index (Phi) is 1.37. The highest BCUT2D eigenvalue weighted by Crippen LogP contribution is 2.37. The molecule has 1 saturated carbocycles. The van der Waals surface area contributed by atoms with E-state index in [-0.39, 0.29) is 5.56 Å². The third-order valence-corrected chi connectivity index (χ3v) is 2.71. The van der Waals surface area contributed by atoms with Crippen LogP contribution in [0, 0.1) is 6.92 Å². The number of H-pyrrole nitrogens is 1. The van der Waals surface area contributed by atoms with Gasteiger partial charge in [-0.15, -0.1) is 0 Å². The lowest BCUT2D eigenvalue weighted by molar-refractivity contribution is 0.734. The number of aromatic amines is 1. The third kappa shape index (κ3) is 0.937. The van der Waals surface area contributed by atoms with Gasteiger partial charge >= 0.3 is 0 Å². The first-order valence-electron chi connectivity index (χ1n) is 4.83. The summed E-state index contributed by atoms with van der Waals surface area (Å²) in [6.07, 6.45) is 4.10. The number of hydrogen-bond donors (Lipinski definition) is 1. The van der Waals surface area contributed by atoms with Crippen molar-refractivity contribution in [2.75, 3.05) is 0 Å². The van der Waals surface area contributed by atoms with Crippen LogP contribution in [0.15, 0.2) is 17.1 Å². The van der Waals surface area contributed by atoms with Crippen LogP contribution in [0.5, 0.6) is 0 Å². The summed E-state index contributed by atoms with van der Waals surface area (Å²) in [6.45, 7) is 1.96. The molecule has 72 valence electrons. The average molecular weight is 189 g/mol. The fraction of sp³-hybridized carbons (Fsp3) is 0.400. The van der Waals surface area contributed by atoms with Crippen molar-refractivity contribution in [3.63, 3.8) is 0 Å². The Labute approximate surface area is 80.6 Å². The summed E-state index contributed by atoms with van der Waals surface area (Å²) in [5.74, 6) is 0.944. The summed E-state index contributed by atoms with van der Waals surface area (Å²) < 4.78 is 2.17. The van der Waals surface area contributed by atoms with E-state index in [0.717, 1.165) is 11.3 Å². The predicted molar refractivity (Wildman–Crippen MR) is 53.4 cm³/mol. The maximum Gasteiger partial charge on any atom is 0.276 e. The molecule has 0 spiro atoms. The Morgan fingerprint density at radius 1 is 1.57 bits per heavy atom. The molecule has 2 heterocycles. The van der Waals surface area contributed by atoms with Crippen LogP contribution in [0.4, 0.5) is 0 Å². The Morgan fingerprint density at radius 3 is 3.07 bits per heavy atom. The lowest BCUT2D eigenvalue weighted by atomic mass is 10.4. The molecule has 0 aliphatic heterocycles. The van der Waals surface area contributed by atoms with Crippen LogP contribution in [0.1, 0.15) is 24.7 Å². The molecule has 14 heavy (non-hydrogen) atoms. The van der Waals surface area contributed by atoms with Crippen LogP contribution < -0.4 is 5.56 Å².